The Morgan fingerprint density at radius 1 is 1.00 bits per heavy atom. The zero-order chi connectivity index (χ0) is 13.3. The first-order valence-corrected chi connectivity index (χ1v) is 5.62. The average Bonchev–Trinajstić information content (AvgIpc) is 2.30. The fourth-order valence-electron chi connectivity index (χ4n) is 1.67. The maximum atomic E-state index is 13.1. The van der Waals surface area contributed by atoms with Crippen molar-refractivity contribution < 1.29 is 13.6 Å². The number of halogens is 3. The lowest BCUT2D eigenvalue weighted by molar-refractivity contribution is 0.103. The van der Waals surface area contributed by atoms with Gasteiger partial charge in [-0.15, -0.1) is 0 Å². The molecule has 0 fully saturated rings. The summed E-state index contributed by atoms with van der Waals surface area (Å²) in [6.45, 7) is 1.80. The number of ketones is 1. The zero-order valence-corrected chi connectivity index (χ0v) is 10.3. The van der Waals surface area contributed by atoms with Crippen LogP contribution in [0.1, 0.15) is 21.5 Å². The summed E-state index contributed by atoms with van der Waals surface area (Å²) in [7, 11) is 0. The van der Waals surface area contributed by atoms with E-state index in [-0.39, 0.29) is 11.3 Å². The van der Waals surface area contributed by atoms with Gasteiger partial charge in [0.05, 0.1) is 0 Å². The molecule has 92 valence electrons. The molecule has 0 saturated heterocycles. The molecule has 1 nitrogen and oxygen atoms in total. The Labute approximate surface area is 108 Å². The van der Waals surface area contributed by atoms with E-state index in [0.29, 0.717) is 10.6 Å². The van der Waals surface area contributed by atoms with Crippen molar-refractivity contribution in [1.29, 1.82) is 0 Å². The van der Waals surface area contributed by atoms with Crippen molar-refractivity contribution in [1.82, 2.24) is 0 Å². The van der Waals surface area contributed by atoms with Crippen molar-refractivity contribution in [3.63, 3.8) is 0 Å². The lowest BCUT2D eigenvalue weighted by Crippen LogP contribution is -2.03. The Bertz CT molecular complexity index is 603. The van der Waals surface area contributed by atoms with Crippen LogP contribution in [0, 0.1) is 18.6 Å². The minimum atomic E-state index is -1.04. The quantitative estimate of drug-likeness (QED) is 0.746. The van der Waals surface area contributed by atoms with Crippen LogP contribution in [0.3, 0.4) is 0 Å². The van der Waals surface area contributed by atoms with E-state index in [2.05, 4.69) is 0 Å². The molecule has 0 amide bonds. The third-order valence-corrected chi connectivity index (χ3v) is 2.70. The molecule has 2 aromatic rings. The fourth-order valence-corrected chi connectivity index (χ4v) is 1.96. The Morgan fingerprint density at radius 2 is 1.72 bits per heavy atom. The van der Waals surface area contributed by atoms with Crippen LogP contribution >= 0.6 is 11.6 Å². The zero-order valence-electron chi connectivity index (χ0n) is 9.51. The van der Waals surface area contributed by atoms with Gasteiger partial charge in [-0.2, -0.15) is 0 Å². The van der Waals surface area contributed by atoms with Crippen LogP contribution in [0.4, 0.5) is 8.78 Å². The molecule has 0 unspecified atom stereocenters. The van der Waals surface area contributed by atoms with E-state index in [4.69, 9.17) is 11.6 Å². The topological polar surface area (TPSA) is 17.1 Å². The molecule has 0 N–H and O–H groups in total. The number of aryl methyl sites for hydroxylation is 1. The van der Waals surface area contributed by atoms with Crippen molar-refractivity contribution in [2.24, 2.45) is 0 Å². The van der Waals surface area contributed by atoms with Gasteiger partial charge in [0.25, 0.3) is 0 Å². The van der Waals surface area contributed by atoms with Gasteiger partial charge in [-0.25, -0.2) is 8.78 Å². The van der Waals surface area contributed by atoms with Gasteiger partial charge in [-0.3, -0.25) is 4.79 Å². The normalized spacial score (nSPS) is 10.4. The molecular formula is C14H9ClF2O. The highest BCUT2D eigenvalue weighted by Crippen LogP contribution is 2.19. The van der Waals surface area contributed by atoms with Crippen molar-refractivity contribution in [2.45, 2.75) is 6.92 Å². The van der Waals surface area contributed by atoms with Crippen molar-refractivity contribution >= 4 is 17.4 Å². The summed E-state index contributed by atoms with van der Waals surface area (Å²) in [5, 5.41) is 0.431. The number of carbonyl (C=O) groups is 1. The smallest absolute Gasteiger partial charge is 0.193 e. The largest absolute Gasteiger partial charge is 0.289 e. The fraction of sp³-hybridized carbons (Fsp3) is 0.0714. The van der Waals surface area contributed by atoms with Crippen LogP contribution in [0.15, 0.2) is 36.4 Å². The molecule has 0 aliphatic rings. The number of hydrogen-bond acceptors (Lipinski definition) is 1. The van der Waals surface area contributed by atoms with Gasteiger partial charge in [0.2, 0.25) is 0 Å². The van der Waals surface area contributed by atoms with Crippen LogP contribution in [0.2, 0.25) is 5.02 Å². The first kappa shape index (κ1) is 12.7. The molecule has 2 rings (SSSR count). The summed E-state index contributed by atoms with van der Waals surface area (Å²) in [5.74, 6) is -2.41. The lowest BCUT2D eigenvalue weighted by Gasteiger charge is -2.04. The Hall–Kier alpha value is -1.74. The van der Waals surface area contributed by atoms with E-state index < -0.39 is 11.6 Å². The second kappa shape index (κ2) is 4.86. The van der Waals surface area contributed by atoms with Crippen LogP contribution in [0.5, 0.6) is 0 Å². The number of carbonyl (C=O) groups excluding carboxylic acids is 1. The molecular weight excluding hydrogens is 258 g/mol. The highest BCUT2D eigenvalue weighted by Gasteiger charge is 2.12. The first-order chi connectivity index (χ1) is 8.47. The summed E-state index contributed by atoms with van der Waals surface area (Å²) in [4.78, 5) is 12.1. The van der Waals surface area contributed by atoms with E-state index in [1.165, 1.54) is 12.1 Å². The molecule has 0 atom stereocenters. The highest BCUT2D eigenvalue weighted by atomic mass is 35.5. The molecule has 0 bridgehead atoms. The number of hydrogen-bond donors (Lipinski definition) is 0. The maximum absolute atomic E-state index is 13.1. The second-order valence-corrected chi connectivity index (χ2v) is 4.41. The lowest BCUT2D eigenvalue weighted by atomic mass is 10.0. The number of benzene rings is 2. The SMILES string of the molecule is Cc1cc(Cl)cc(C(=O)c2ccc(F)c(F)c2)c1. The molecule has 0 aliphatic heterocycles. The van der Waals surface area contributed by atoms with Gasteiger partial charge >= 0.3 is 0 Å². The van der Waals surface area contributed by atoms with Crippen LogP contribution in [-0.4, -0.2) is 5.78 Å². The summed E-state index contributed by atoms with van der Waals surface area (Å²) >= 11 is 5.85. The van der Waals surface area contributed by atoms with Crippen LogP contribution in [-0.2, 0) is 0 Å². The van der Waals surface area contributed by atoms with Gasteiger partial charge in [0.15, 0.2) is 17.4 Å². The Balaban J connectivity index is 2.44. The summed E-state index contributed by atoms with van der Waals surface area (Å²) < 4.78 is 25.8. The van der Waals surface area contributed by atoms with Gasteiger partial charge in [0.1, 0.15) is 0 Å². The van der Waals surface area contributed by atoms with Gasteiger partial charge in [-0.05, 0) is 48.9 Å². The molecule has 0 radical (unpaired) electrons. The van der Waals surface area contributed by atoms with E-state index in [0.717, 1.165) is 17.7 Å². The third kappa shape index (κ3) is 2.57. The predicted octanol–water partition coefficient (Wildman–Crippen LogP) is 4.16. The van der Waals surface area contributed by atoms with Crippen molar-refractivity contribution in [3.05, 3.63) is 69.7 Å². The maximum Gasteiger partial charge on any atom is 0.193 e. The van der Waals surface area contributed by atoms with Gasteiger partial charge in [0, 0.05) is 16.1 Å². The number of rotatable bonds is 2. The third-order valence-electron chi connectivity index (χ3n) is 2.49. The molecule has 0 saturated carbocycles. The molecule has 0 spiro atoms. The summed E-state index contributed by atoms with van der Waals surface area (Å²) in [5.41, 5.74) is 1.27. The molecule has 0 aliphatic carbocycles. The van der Waals surface area contributed by atoms with Crippen molar-refractivity contribution in [2.75, 3.05) is 0 Å². The minimum absolute atomic E-state index is 0.0931. The molecule has 0 aromatic heterocycles. The second-order valence-electron chi connectivity index (χ2n) is 3.98. The summed E-state index contributed by atoms with van der Waals surface area (Å²) in [6.07, 6.45) is 0. The predicted molar refractivity (Wildman–Crippen MR) is 66.0 cm³/mol. The van der Waals surface area contributed by atoms with E-state index in [9.17, 15) is 13.6 Å². The van der Waals surface area contributed by atoms with Crippen molar-refractivity contribution in [3.8, 4) is 0 Å². The molecule has 18 heavy (non-hydrogen) atoms. The average molecular weight is 267 g/mol. The molecule has 0 heterocycles. The Morgan fingerprint density at radius 3 is 2.33 bits per heavy atom. The first-order valence-electron chi connectivity index (χ1n) is 5.24. The van der Waals surface area contributed by atoms with Gasteiger partial charge in [-0.1, -0.05) is 11.6 Å². The minimum Gasteiger partial charge on any atom is -0.289 e. The van der Waals surface area contributed by atoms with E-state index in [1.807, 2.05) is 0 Å². The summed E-state index contributed by atoms with van der Waals surface area (Å²) in [6, 6.07) is 7.92. The van der Waals surface area contributed by atoms with Gasteiger partial charge < -0.3 is 0 Å². The highest BCUT2D eigenvalue weighted by molar-refractivity contribution is 6.31. The Kier molecular flexibility index (Phi) is 3.43. The van der Waals surface area contributed by atoms with Crippen LogP contribution < -0.4 is 0 Å². The van der Waals surface area contributed by atoms with Crippen LogP contribution in [0.25, 0.3) is 0 Å². The molecule has 2 aromatic carbocycles. The monoisotopic (exact) mass is 266 g/mol. The molecule has 4 heteroatoms. The van der Waals surface area contributed by atoms with E-state index in [1.54, 1.807) is 19.1 Å². The van der Waals surface area contributed by atoms with E-state index >= 15 is 0 Å². The standard InChI is InChI=1S/C14H9ClF2O/c1-8-4-10(6-11(15)5-8)14(18)9-2-3-12(16)13(17)7-9/h2-7H,1H3.